The van der Waals surface area contributed by atoms with Gasteiger partial charge in [0.15, 0.2) is 0 Å². The van der Waals surface area contributed by atoms with Crippen LogP contribution >= 0.6 is 0 Å². The van der Waals surface area contributed by atoms with Crippen molar-refractivity contribution in [2.24, 2.45) is 23.5 Å². The van der Waals surface area contributed by atoms with Gasteiger partial charge in [0.2, 0.25) is 10.0 Å². The molecule has 0 aromatic heterocycles. The molecule has 1 aliphatic heterocycles. The van der Waals surface area contributed by atoms with Gasteiger partial charge in [-0.2, -0.15) is 13.2 Å². The van der Waals surface area contributed by atoms with Crippen molar-refractivity contribution < 1.29 is 26.4 Å². The standard InChI is InChI=1S/C22H32F3N3O3S/c1-14(2)9-19(26)21(29)28(32(3,30)31)20-8-7-16-12-27(13-18(16)20)11-15-5-4-6-17(10-15)22(23,24)25/h4-6,10,14,16,18-20H,7-9,11-13,26H2,1-3H3/t16-,18+,19+,20+/m0/s1. The number of sulfonamides is 1. The Morgan fingerprint density at radius 1 is 1.25 bits per heavy atom. The minimum absolute atomic E-state index is 0.0503. The highest BCUT2D eigenvalue weighted by molar-refractivity contribution is 7.88. The molecule has 2 N–H and O–H groups in total. The molecule has 180 valence electrons. The van der Waals surface area contributed by atoms with E-state index in [1.165, 1.54) is 6.07 Å². The Kier molecular flexibility index (Phi) is 7.26. The first-order valence-electron chi connectivity index (χ1n) is 10.9. The minimum Gasteiger partial charge on any atom is -0.320 e. The lowest BCUT2D eigenvalue weighted by molar-refractivity contribution is -0.137. The van der Waals surface area contributed by atoms with Gasteiger partial charge >= 0.3 is 6.18 Å². The van der Waals surface area contributed by atoms with Crippen LogP contribution in [-0.2, 0) is 27.5 Å². The van der Waals surface area contributed by atoms with E-state index in [-0.39, 0.29) is 17.8 Å². The molecule has 0 unspecified atom stereocenters. The number of rotatable bonds is 7. The van der Waals surface area contributed by atoms with Gasteiger partial charge in [-0.3, -0.25) is 9.69 Å². The number of hydrogen-bond donors (Lipinski definition) is 1. The molecular formula is C22H32F3N3O3S. The molecule has 6 nitrogen and oxygen atoms in total. The van der Waals surface area contributed by atoms with Gasteiger partial charge < -0.3 is 5.73 Å². The van der Waals surface area contributed by atoms with Crippen LogP contribution in [0.5, 0.6) is 0 Å². The molecule has 0 radical (unpaired) electrons. The lowest BCUT2D eigenvalue weighted by atomic mass is 9.97. The third-order valence-corrected chi connectivity index (χ3v) is 7.64. The number of alkyl halides is 3. The first kappa shape index (κ1) is 25.0. The Hall–Kier alpha value is -1.65. The molecule has 1 saturated carbocycles. The molecule has 32 heavy (non-hydrogen) atoms. The number of halogens is 3. The zero-order valence-electron chi connectivity index (χ0n) is 18.7. The highest BCUT2D eigenvalue weighted by Crippen LogP contribution is 2.42. The molecule has 1 aliphatic carbocycles. The first-order chi connectivity index (χ1) is 14.8. The summed E-state index contributed by atoms with van der Waals surface area (Å²) in [4.78, 5) is 15.1. The van der Waals surface area contributed by atoms with Crippen LogP contribution in [0.1, 0.15) is 44.2 Å². The third kappa shape index (κ3) is 5.63. The smallest absolute Gasteiger partial charge is 0.320 e. The van der Waals surface area contributed by atoms with Crippen molar-refractivity contribution >= 4 is 15.9 Å². The molecule has 1 aromatic rings. The lowest BCUT2D eigenvalue weighted by Gasteiger charge is -2.33. The van der Waals surface area contributed by atoms with Gasteiger partial charge in [-0.25, -0.2) is 12.7 Å². The van der Waals surface area contributed by atoms with E-state index in [0.29, 0.717) is 38.0 Å². The van der Waals surface area contributed by atoms with Crippen LogP contribution in [-0.4, -0.2) is 55.0 Å². The van der Waals surface area contributed by atoms with Crippen molar-refractivity contribution in [1.29, 1.82) is 0 Å². The second-order valence-electron chi connectivity index (χ2n) is 9.59. The van der Waals surface area contributed by atoms with E-state index in [1.54, 1.807) is 6.07 Å². The van der Waals surface area contributed by atoms with E-state index < -0.39 is 39.8 Å². The normalized spacial score (nSPS) is 25.2. The molecule has 4 atom stereocenters. The molecule has 1 heterocycles. The fourth-order valence-corrected chi connectivity index (χ4v) is 6.41. The number of amides is 1. The summed E-state index contributed by atoms with van der Waals surface area (Å²) in [7, 11) is -3.81. The van der Waals surface area contributed by atoms with Crippen molar-refractivity contribution in [2.75, 3.05) is 19.3 Å². The van der Waals surface area contributed by atoms with E-state index in [0.717, 1.165) is 29.1 Å². The average molecular weight is 476 g/mol. The average Bonchev–Trinajstić information content (AvgIpc) is 3.21. The molecule has 1 amide bonds. The number of hydrogen-bond acceptors (Lipinski definition) is 5. The van der Waals surface area contributed by atoms with Crippen molar-refractivity contribution in [1.82, 2.24) is 9.21 Å². The van der Waals surface area contributed by atoms with E-state index in [1.807, 2.05) is 13.8 Å². The van der Waals surface area contributed by atoms with Crippen molar-refractivity contribution in [3.63, 3.8) is 0 Å². The monoisotopic (exact) mass is 475 g/mol. The summed E-state index contributed by atoms with van der Waals surface area (Å²) in [5, 5.41) is 0. The topological polar surface area (TPSA) is 83.7 Å². The van der Waals surface area contributed by atoms with E-state index >= 15 is 0 Å². The van der Waals surface area contributed by atoms with E-state index in [2.05, 4.69) is 4.90 Å². The molecule has 2 fully saturated rings. The molecule has 2 aliphatic rings. The summed E-state index contributed by atoms with van der Waals surface area (Å²) in [6, 6.07) is 3.92. The Balaban J connectivity index is 1.74. The highest BCUT2D eigenvalue weighted by Gasteiger charge is 2.49. The second kappa shape index (κ2) is 9.30. The minimum atomic E-state index is -4.40. The number of carbonyl (C=O) groups excluding carboxylic acids is 1. The highest BCUT2D eigenvalue weighted by atomic mass is 32.2. The van der Waals surface area contributed by atoms with Gasteiger partial charge in [0, 0.05) is 19.6 Å². The van der Waals surface area contributed by atoms with Crippen LogP contribution < -0.4 is 5.73 Å². The fraction of sp³-hybridized carbons (Fsp3) is 0.682. The molecule has 3 rings (SSSR count). The van der Waals surface area contributed by atoms with E-state index in [4.69, 9.17) is 5.73 Å². The summed E-state index contributed by atoms with van der Waals surface area (Å²) < 4.78 is 65.2. The maximum absolute atomic E-state index is 13.0. The van der Waals surface area contributed by atoms with Crippen LogP contribution in [0, 0.1) is 17.8 Å². The Morgan fingerprint density at radius 3 is 2.53 bits per heavy atom. The molecule has 0 bridgehead atoms. The van der Waals surface area contributed by atoms with Crippen LogP contribution in [0.2, 0.25) is 0 Å². The van der Waals surface area contributed by atoms with Crippen LogP contribution in [0.4, 0.5) is 13.2 Å². The molecule has 1 aromatic carbocycles. The van der Waals surface area contributed by atoms with Crippen molar-refractivity contribution in [2.45, 2.75) is 57.9 Å². The quantitative estimate of drug-likeness (QED) is 0.655. The summed E-state index contributed by atoms with van der Waals surface area (Å²) in [5.41, 5.74) is 5.92. The van der Waals surface area contributed by atoms with Gasteiger partial charge in [-0.1, -0.05) is 32.0 Å². The molecular weight excluding hydrogens is 443 g/mol. The zero-order chi connectivity index (χ0) is 23.8. The number of nitrogens with zero attached hydrogens (tertiary/aromatic N) is 2. The summed E-state index contributed by atoms with van der Waals surface area (Å²) >= 11 is 0. The first-order valence-corrected chi connectivity index (χ1v) is 12.8. The predicted octanol–water partition coefficient (Wildman–Crippen LogP) is 3.08. The molecule has 10 heteroatoms. The number of likely N-dealkylation sites (tertiary alicyclic amines) is 1. The van der Waals surface area contributed by atoms with E-state index in [9.17, 15) is 26.4 Å². The third-order valence-electron chi connectivity index (χ3n) is 6.47. The lowest BCUT2D eigenvalue weighted by Crippen LogP contribution is -2.53. The summed E-state index contributed by atoms with van der Waals surface area (Å²) in [5.74, 6) is -0.265. The molecule has 0 spiro atoms. The second-order valence-corrected chi connectivity index (χ2v) is 11.5. The van der Waals surface area contributed by atoms with Crippen LogP contribution in [0.15, 0.2) is 24.3 Å². The largest absolute Gasteiger partial charge is 0.416 e. The van der Waals surface area contributed by atoms with Crippen molar-refractivity contribution in [3.05, 3.63) is 35.4 Å². The van der Waals surface area contributed by atoms with Crippen molar-refractivity contribution in [3.8, 4) is 0 Å². The molecule has 1 saturated heterocycles. The van der Waals surface area contributed by atoms with Gasteiger partial charge in [0.1, 0.15) is 0 Å². The van der Waals surface area contributed by atoms with Gasteiger partial charge in [-0.15, -0.1) is 0 Å². The Morgan fingerprint density at radius 2 is 1.94 bits per heavy atom. The van der Waals surface area contributed by atoms with Gasteiger partial charge in [-0.05, 0) is 48.6 Å². The number of carbonyl (C=O) groups is 1. The van der Waals surface area contributed by atoms with Gasteiger partial charge in [0.05, 0.1) is 23.9 Å². The Bertz CT molecular complexity index is 936. The maximum Gasteiger partial charge on any atom is 0.416 e. The number of fused-ring (bicyclic) bond motifs is 1. The zero-order valence-corrected chi connectivity index (χ0v) is 19.5. The Labute approximate surface area is 188 Å². The van der Waals surface area contributed by atoms with Crippen LogP contribution in [0.3, 0.4) is 0 Å². The summed E-state index contributed by atoms with van der Waals surface area (Å²) in [6.07, 6.45) is -1.61. The van der Waals surface area contributed by atoms with Gasteiger partial charge in [0.25, 0.3) is 5.91 Å². The maximum atomic E-state index is 13.0. The predicted molar refractivity (Wildman–Crippen MR) is 116 cm³/mol. The summed E-state index contributed by atoms with van der Waals surface area (Å²) in [6.45, 7) is 5.40. The van der Waals surface area contributed by atoms with Crippen LogP contribution in [0.25, 0.3) is 0 Å². The number of nitrogens with two attached hydrogens (primary N) is 1. The number of benzene rings is 1. The fourth-order valence-electron chi connectivity index (χ4n) is 5.20. The SMILES string of the molecule is CC(C)C[C@@H](N)C(=O)N([C@@H]1CC[C@H]2CN(Cc3cccc(C(F)(F)F)c3)C[C@H]21)S(C)(=O)=O.